The van der Waals surface area contributed by atoms with E-state index in [1.54, 1.807) is 12.1 Å². The molecular weight excluding hydrogens is 291 g/mol. The maximum absolute atomic E-state index is 13.3. The first-order valence-corrected chi connectivity index (χ1v) is 5.80. The average molecular weight is 305 g/mol. The molecule has 0 fully saturated rings. The number of rotatable bonds is 5. The first-order chi connectivity index (χ1) is 8.04. The summed E-state index contributed by atoms with van der Waals surface area (Å²) in [6, 6.07) is 3.80. The Balaban J connectivity index is 2.55. The molecule has 0 saturated carbocycles. The molecule has 4 nitrogen and oxygen atoms in total. The highest BCUT2D eigenvalue weighted by Crippen LogP contribution is 2.15. The summed E-state index contributed by atoms with van der Waals surface area (Å²) in [5, 5.41) is 2.55. The van der Waals surface area contributed by atoms with E-state index >= 15 is 0 Å². The molecule has 1 unspecified atom stereocenters. The molecule has 0 spiro atoms. The Morgan fingerprint density at radius 2 is 2.35 bits per heavy atom. The summed E-state index contributed by atoms with van der Waals surface area (Å²) in [5.41, 5.74) is 5.92. The zero-order chi connectivity index (χ0) is 12.8. The predicted octanol–water partition coefficient (Wildman–Crippen LogP) is 1.18. The van der Waals surface area contributed by atoms with Crippen molar-refractivity contribution in [3.8, 4) is 0 Å². The van der Waals surface area contributed by atoms with Gasteiger partial charge in [0.05, 0.1) is 6.61 Å². The van der Waals surface area contributed by atoms with Gasteiger partial charge in [-0.1, -0.05) is 15.9 Å². The summed E-state index contributed by atoms with van der Waals surface area (Å²) in [6.07, 6.45) is 0. The molecular formula is C11H14BrFN2O2. The Labute approximate surface area is 107 Å². The van der Waals surface area contributed by atoms with E-state index in [-0.39, 0.29) is 24.9 Å². The van der Waals surface area contributed by atoms with Gasteiger partial charge in [0, 0.05) is 23.7 Å². The molecule has 94 valence electrons. The van der Waals surface area contributed by atoms with Crippen molar-refractivity contribution in [1.29, 1.82) is 0 Å². The third-order valence-corrected chi connectivity index (χ3v) is 2.64. The van der Waals surface area contributed by atoms with E-state index in [0.29, 0.717) is 5.56 Å². The van der Waals surface area contributed by atoms with Crippen molar-refractivity contribution in [3.63, 3.8) is 0 Å². The monoisotopic (exact) mass is 304 g/mol. The van der Waals surface area contributed by atoms with E-state index in [9.17, 15) is 9.18 Å². The lowest BCUT2D eigenvalue weighted by Crippen LogP contribution is -2.43. The summed E-state index contributed by atoms with van der Waals surface area (Å²) in [5.74, 6) is -0.736. The van der Waals surface area contributed by atoms with Gasteiger partial charge in [0.15, 0.2) is 0 Å². The van der Waals surface area contributed by atoms with Crippen LogP contribution in [0.25, 0.3) is 0 Å². The van der Waals surface area contributed by atoms with Crippen molar-refractivity contribution in [2.24, 2.45) is 5.73 Å². The van der Waals surface area contributed by atoms with Crippen molar-refractivity contribution in [3.05, 3.63) is 34.1 Å². The summed E-state index contributed by atoms with van der Waals surface area (Å²) in [7, 11) is 1.46. The van der Waals surface area contributed by atoms with Gasteiger partial charge in [-0.05, 0) is 18.2 Å². The van der Waals surface area contributed by atoms with E-state index in [2.05, 4.69) is 21.2 Å². The second-order valence-electron chi connectivity index (χ2n) is 3.52. The molecule has 0 aliphatic heterocycles. The van der Waals surface area contributed by atoms with Crippen LogP contribution >= 0.6 is 15.9 Å². The van der Waals surface area contributed by atoms with E-state index in [1.165, 1.54) is 13.2 Å². The van der Waals surface area contributed by atoms with Crippen molar-refractivity contribution < 1.29 is 13.9 Å². The Bertz CT molecular complexity index is 401. The molecule has 3 N–H and O–H groups in total. The van der Waals surface area contributed by atoms with Gasteiger partial charge in [0.25, 0.3) is 0 Å². The van der Waals surface area contributed by atoms with Crippen molar-refractivity contribution in [1.82, 2.24) is 5.32 Å². The largest absolute Gasteiger partial charge is 0.383 e. The lowest BCUT2D eigenvalue weighted by atomic mass is 10.2. The number of amides is 1. The van der Waals surface area contributed by atoms with Crippen molar-refractivity contribution in [2.75, 3.05) is 13.7 Å². The number of halogens is 2. The summed E-state index contributed by atoms with van der Waals surface area (Å²) in [4.78, 5) is 11.5. The van der Waals surface area contributed by atoms with Gasteiger partial charge in [-0.2, -0.15) is 0 Å². The second kappa shape index (κ2) is 6.68. The molecule has 1 rings (SSSR count). The SMILES string of the molecule is COCC(N)C(=O)NCc1cc(Br)ccc1F. The van der Waals surface area contributed by atoms with E-state index in [1.807, 2.05) is 0 Å². The highest BCUT2D eigenvalue weighted by Gasteiger charge is 2.13. The van der Waals surface area contributed by atoms with Crippen LogP contribution in [0.4, 0.5) is 4.39 Å². The van der Waals surface area contributed by atoms with Crippen LogP contribution in [0.15, 0.2) is 22.7 Å². The Kier molecular flexibility index (Phi) is 5.54. The highest BCUT2D eigenvalue weighted by atomic mass is 79.9. The molecule has 0 bridgehead atoms. The fourth-order valence-corrected chi connectivity index (χ4v) is 1.66. The Morgan fingerprint density at radius 3 is 3.00 bits per heavy atom. The molecule has 1 aromatic carbocycles. The van der Waals surface area contributed by atoms with Crippen LogP contribution in [0.2, 0.25) is 0 Å². The fraction of sp³-hybridized carbons (Fsp3) is 0.364. The molecule has 17 heavy (non-hydrogen) atoms. The third kappa shape index (κ3) is 4.41. The number of carbonyl (C=O) groups excluding carboxylic acids is 1. The second-order valence-corrected chi connectivity index (χ2v) is 4.43. The first-order valence-electron chi connectivity index (χ1n) is 5.00. The van der Waals surface area contributed by atoms with E-state index < -0.39 is 6.04 Å². The minimum atomic E-state index is -0.741. The van der Waals surface area contributed by atoms with Gasteiger partial charge in [-0.25, -0.2) is 4.39 Å². The minimum absolute atomic E-state index is 0.0987. The molecule has 1 atom stereocenters. The molecule has 0 saturated heterocycles. The van der Waals surface area contributed by atoms with Gasteiger partial charge in [0.2, 0.25) is 5.91 Å². The number of ether oxygens (including phenoxy) is 1. The maximum atomic E-state index is 13.3. The Hall–Kier alpha value is -0.980. The lowest BCUT2D eigenvalue weighted by molar-refractivity contribution is -0.123. The fourth-order valence-electron chi connectivity index (χ4n) is 1.25. The highest BCUT2D eigenvalue weighted by molar-refractivity contribution is 9.10. The Morgan fingerprint density at radius 1 is 1.65 bits per heavy atom. The van der Waals surface area contributed by atoms with Gasteiger partial charge in [-0.3, -0.25) is 4.79 Å². The molecule has 1 amide bonds. The quantitative estimate of drug-likeness (QED) is 0.858. The zero-order valence-electron chi connectivity index (χ0n) is 9.37. The van der Waals surface area contributed by atoms with Crippen LogP contribution in [-0.4, -0.2) is 25.7 Å². The smallest absolute Gasteiger partial charge is 0.239 e. The summed E-state index contributed by atoms with van der Waals surface area (Å²) < 4.78 is 18.8. The van der Waals surface area contributed by atoms with Crippen molar-refractivity contribution in [2.45, 2.75) is 12.6 Å². The minimum Gasteiger partial charge on any atom is -0.383 e. The standard InChI is InChI=1S/C11H14BrFN2O2/c1-17-6-10(14)11(16)15-5-7-4-8(12)2-3-9(7)13/h2-4,10H,5-6,14H2,1H3,(H,15,16). The van der Waals surface area contributed by atoms with Gasteiger partial charge in [-0.15, -0.1) is 0 Å². The topological polar surface area (TPSA) is 64.3 Å². The third-order valence-electron chi connectivity index (χ3n) is 2.14. The molecule has 0 aliphatic carbocycles. The van der Waals surface area contributed by atoms with Gasteiger partial charge >= 0.3 is 0 Å². The molecule has 0 aliphatic rings. The maximum Gasteiger partial charge on any atom is 0.239 e. The van der Waals surface area contributed by atoms with Gasteiger partial charge < -0.3 is 15.8 Å². The van der Waals surface area contributed by atoms with Crippen LogP contribution in [-0.2, 0) is 16.1 Å². The first kappa shape index (κ1) is 14.1. The van der Waals surface area contributed by atoms with Crippen molar-refractivity contribution >= 4 is 21.8 Å². The number of hydrogen-bond donors (Lipinski definition) is 2. The number of methoxy groups -OCH3 is 1. The predicted molar refractivity (Wildman–Crippen MR) is 65.8 cm³/mol. The van der Waals surface area contributed by atoms with Crippen LogP contribution in [0.3, 0.4) is 0 Å². The lowest BCUT2D eigenvalue weighted by Gasteiger charge is -2.11. The average Bonchev–Trinajstić information content (AvgIpc) is 2.30. The molecule has 0 heterocycles. The van der Waals surface area contributed by atoms with Crippen LogP contribution in [0.1, 0.15) is 5.56 Å². The number of benzene rings is 1. The zero-order valence-corrected chi connectivity index (χ0v) is 11.0. The molecule has 6 heteroatoms. The molecule has 1 aromatic rings. The summed E-state index contributed by atoms with van der Waals surface area (Å²) in [6.45, 7) is 0.230. The summed E-state index contributed by atoms with van der Waals surface area (Å²) >= 11 is 3.23. The normalized spacial score (nSPS) is 12.2. The van der Waals surface area contributed by atoms with E-state index in [4.69, 9.17) is 10.5 Å². The number of nitrogens with one attached hydrogen (secondary N) is 1. The number of carbonyl (C=O) groups is 1. The number of hydrogen-bond acceptors (Lipinski definition) is 3. The van der Waals surface area contributed by atoms with Crippen LogP contribution in [0.5, 0.6) is 0 Å². The van der Waals surface area contributed by atoms with Gasteiger partial charge in [0.1, 0.15) is 11.9 Å². The molecule has 0 radical (unpaired) electrons. The van der Waals surface area contributed by atoms with E-state index in [0.717, 1.165) is 4.47 Å². The number of nitrogens with two attached hydrogens (primary N) is 1. The van der Waals surface area contributed by atoms with Crippen LogP contribution < -0.4 is 11.1 Å². The molecule has 0 aromatic heterocycles. The van der Waals surface area contributed by atoms with Crippen LogP contribution in [0, 0.1) is 5.82 Å².